The van der Waals surface area contributed by atoms with Crippen molar-refractivity contribution in [3.8, 4) is 6.07 Å². The summed E-state index contributed by atoms with van der Waals surface area (Å²) in [5.74, 6) is -0.145. The van der Waals surface area contributed by atoms with Gasteiger partial charge in [0, 0.05) is 12.1 Å². The fourth-order valence-electron chi connectivity index (χ4n) is 2.32. The van der Waals surface area contributed by atoms with E-state index in [1.54, 1.807) is 24.3 Å². The van der Waals surface area contributed by atoms with Crippen molar-refractivity contribution in [2.75, 3.05) is 6.54 Å². The van der Waals surface area contributed by atoms with Crippen molar-refractivity contribution >= 4 is 5.91 Å². The van der Waals surface area contributed by atoms with E-state index in [-0.39, 0.29) is 11.3 Å². The van der Waals surface area contributed by atoms with Crippen molar-refractivity contribution in [2.45, 2.75) is 32.6 Å². The Labute approximate surface area is 138 Å². The Morgan fingerprint density at radius 2 is 1.83 bits per heavy atom. The first-order valence-electron chi connectivity index (χ1n) is 7.78. The number of amides is 1. The number of carbonyl (C=O) groups is 1. The van der Waals surface area contributed by atoms with E-state index in [1.165, 1.54) is 11.1 Å². The average molecular weight is 306 g/mol. The van der Waals surface area contributed by atoms with Crippen LogP contribution in [0.2, 0.25) is 0 Å². The van der Waals surface area contributed by atoms with Crippen molar-refractivity contribution < 1.29 is 4.79 Å². The average Bonchev–Trinajstić information content (AvgIpc) is 2.54. The molecule has 0 aliphatic heterocycles. The van der Waals surface area contributed by atoms with Gasteiger partial charge < -0.3 is 5.32 Å². The number of nitriles is 1. The van der Waals surface area contributed by atoms with Crippen molar-refractivity contribution in [1.82, 2.24) is 5.32 Å². The van der Waals surface area contributed by atoms with Crippen LogP contribution in [-0.2, 0) is 11.8 Å². The number of benzene rings is 2. The predicted molar refractivity (Wildman–Crippen MR) is 92.3 cm³/mol. The van der Waals surface area contributed by atoms with Crippen molar-refractivity contribution in [2.24, 2.45) is 0 Å². The second-order valence-corrected chi connectivity index (χ2v) is 6.65. The van der Waals surface area contributed by atoms with Gasteiger partial charge in [-0.25, -0.2) is 0 Å². The first kappa shape index (κ1) is 16.8. The van der Waals surface area contributed by atoms with Crippen LogP contribution in [0.1, 0.15) is 47.8 Å². The lowest BCUT2D eigenvalue weighted by Gasteiger charge is -2.19. The summed E-state index contributed by atoms with van der Waals surface area (Å²) in [7, 11) is 0. The van der Waals surface area contributed by atoms with Crippen LogP contribution in [0.4, 0.5) is 0 Å². The maximum absolute atomic E-state index is 12.1. The molecule has 0 unspecified atom stereocenters. The lowest BCUT2D eigenvalue weighted by molar-refractivity contribution is 0.0954. The lowest BCUT2D eigenvalue weighted by Crippen LogP contribution is -2.25. The van der Waals surface area contributed by atoms with E-state index in [2.05, 4.69) is 50.4 Å². The molecule has 0 bridgehead atoms. The minimum atomic E-state index is -0.145. The molecule has 1 N–H and O–H groups in total. The van der Waals surface area contributed by atoms with E-state index in [1.807, 2.05) is 6.07 Å². The number of rotatable bonds is 4. The quantitative estimate of drug-likeness (QED) is 0.933. The Hall–Kier alpha value is -2.60. The third kappa shape index (κ3) is 4.69. The summed E-state index contributed by atoms with van der Waals surface area (Å²) < 4.78 is 0. The first-order chi connectivity index (χ1) is 10.9. The molecular weight excluding hydrogens is 284 g/mol. The van der Waals surface area contributed by atoms with Gasteiger partial charge in [0.1, 0.15) is 0 Å². The summed E-state index contributed by atoms with van der Waals surface area (Å²) in [5, 5.41) is 11.8. The van der Waals surface area contributed by atoms with Gasteiger partial charge in [0.2, 0.25) is 0 Å². The molecule has 1 amide bonds. The molecule has 0 spiro atoms. The van der Waals surface area contributed by atoms with Gasteiger partial charge in [0.15, 0.2) is 0 Å². The van der Waals surface area contributed by atoms with Gasteiger partial charge in [-0.3, -0.25) is 4.79 Å². The molecular formula is C20H22N2O. The molecule has 0 aromatic heterocycles. The highest BCUT2D eigenvalue weighted by molar-refractivity contribution is 5.94. The predicted octanol–water partition coefficient (Wildman–Crippen LogP) is 3.83. The third-order valence-electron chi connectivity index (χ3n) is 3.77. The van der Waals surface area contributed by atoms with E-state index in [0.717, 1.165) is 6.42 Å². The highest BCUT2D eigenvalue weighted by Crippen LogP contribution is 2.22. The molecule has 0 fully saturated rings. The summed E-state index contributed by atoms with van der Waals surface area (Å²) in [6.45, 7) is 7.15. The van der Waals surface area contributed by atoms with Gasteiger partial charge in [0.05, 0.1) is 11.6 Å². The van der Waals surface area contributed by atoms with Crippen LogP contribution in [0.15, 0.2) is 48.5 Å². The molecule has 0 atom stereocenters. The zero-order valence-electron chi connectivity index (χ0n) is 13.9. The van der Waals surface area contributed by atoms with Gasteiger partial charge in [0.25, 0.3) is 5.91 Å². The van der Waals surface area contributed by atoms with Gasteiger partial charge >= 0.3 is 0 Å². The molecule has 3 heteroatoms. The van der Waals surface area contributed by atoms with Crippen LogP contribution in [0.25, 0.3) is 0 Å². The summed E-state index contributed by atoms with van der Waals surface area (Å²) in [5.41, 5.74) is 3.67. The van der Waals surface area contributed by atoms with Crippen LogP contribution in [0.3, 0.4) is 0 Å². The molecule has 3 nitrogen and oxygen atoms in total. The summed E-state index contributed by atoms with van der Waals surface area (Å²) in [6, 6.07) is 17.3. The van der Waals surface area contributed by atoms with Crippen LogP contribution in [0.5, 0.6) is 0 Å². The number of nitrogens with zero attached hydrogens (tertiary/aromatic N) is 1. The molecule has 0 heterocycles. The number of hydrogen-bond acceptors (Lipinski definition) is 2. The van der Waals surface area contributed by atoms with Crippen molar-refractivity contribution in [3.05, 3.63) is 70.8 Å². The van der Waals surface area contributed by atoms with E-state index in [0.29, 0.717) is 17.7 Å². The van der Waals surface area contributed by atoms with Crippen molar-refractivity contribution in [3.63, 3.8) is 0 Å². The van der Waals surface area contributed by atoms with Crippen molar-refractivity contribution in [1.29, 1.82) is 5.26 Å². The number of nitrogens with one attached hydrogen (secondary N) is 1. The molecule has 0 radical (unpaired) electrons. The summed E-state index contributed by atoms with van der Waals surface area (Å²) in [4.78, 5) is 12.1. The van der Waals surface area contributed by atoms with Crippen LogP contribution in [0, 0.1) is 11.3 Å². The third-order valence-corrected chi connectivity index (χ3v) is 3.77. The molecule has 118 valence electrons. The number of carbonyl (C=O) groups excluding carboxylic acids is 1. The Morgan fingerprint density at radius 1 is 1.13 bits per heavy atom. The molecule has 0 saturated heterocycles. The zero-order valence-corrected chi connectivity index (χ0v) is 13.9. The maximum Gasteiger partial charge on any atom is 0.251 e. The van der Waals surface area contributed by atoms with E-state index in [9.17, 15) is 4.79 Å². The SMILES string of the molecule is CC(C)(C)c1ccc(CCNC(=O)c2cccc(C#N)c2)cc1. The molecule has 2 aromatic carbocycles. The normalized spacial score (nSPS) is 10.9. The summed E-state index contributed by atoms with van der Waals surface area (Å²) >= 11 is 0. The molecule has 0 aliphatic carbocycles. The Bertz CT molecular complexity index is 719. The minimum absolute atomic E-state index is 0.145. The lowest BCUT2D eigenvalue weighted by atomic mass is 9.86. The Kier molecular flexibility index (Phi) is 5.18. The van der Waals surface area contributed by atoms with E-state index >= 15 is 0 Å². The molecule has 23 heavy (non-hydrogen) atoms. The Balaban J connectivity index is 1.89. The van der Waals surface area contributed by atoms with Crippen LogP contribution in [-0.4, -0.2) is 12.5 Å². The highest BCUT2D eigenvalue weighted by Gasteiger charge is 2.12. The van der Waals surface area contributed by atoms with Crippen LogP contribution >= 0.6 is 0 Å². The monoisotopic (exact) mass is 306 g/mol. The maximum atomic E-state index is 12.1. The molecule has 2 rings (SSSR count). The van der Waals surface area contributed by atoms with Gasteiger partial charge in [-0.15, -0.1) is 0 Å². The standard InChI is InChI=1S/C20H22N2O/c1-20(2,3)18-9-7-15(8-10-18)11-12-22-19(23)17-6-4-5-16(13-17)14-21/h4-10,13H,11-12H2,1-3H3,(H,22,23). The second-order valence-electron chi connectivity index (χ2n) is 6.65. The smallest absolute Gasteiger partial charge is 0.251 e. The first-order valence-corrected chi connectivity index (χ1v) is 7.78. The molecule has 0 aliphatic rings. The van der Waals surface area contributed by atoms with Gasteiger partial charge in [-0.2, -0.15) is 5.26 Å². The van der Waals surface area contributed by atoms with Crippen LogP contribution < -0.4 is 5.32 Å². The molecule has 2 aromatic rings. The molecule has 0 saturated carbocycles. The fraction of sp³-hybridized carbons (Fsp3) is 0.300. The second kappa shape index (κ2) is 7.11. The minimum Gasteiger partial charge on any atom is -0.352 e. The highest BCUT2D eigenvalue weighted by atomic mass is 16.1. The fourth-order valence-corrected chi connectivity index (χ4v) is 2.32. The Morgan fingerprint density at radius 3 is 2.43 bits per heavy atom. The number of hydrogen-bond donors (Lipinski definition) is 1. The topological polar surface area (TPSA) is 52.9 Å². The van der Waals surface area contributed by atoms with Gasteiger partial charge in [-0.1, -0.05) is 51.1 Å². The van der Waals surface area contributed by atoms with Gasteiger partial charge in [-0.05, 0) is 41.2 Å². The van der Waals surface area contributed by atoms with E-state index < -0.39 is 0 Å². The van der Waals surface area contributed by atoms with E-state index in [4.69, 9.17) is 5.26 Å². The zero-order chi connectivity index (χ0) is 16.9. The largest absolute Gasteiger partial charge is 0.352 e. The summed E-state index contributed by atoms with van der Waals surface area (Å²) in [6.07, 6.45) is 0.786.